The number of Topliss-reactive ketones (excluding diaryl/α,β-unsaturated/α-hetero) is 2. The van der Waals surface area contributed by atoms with Crippen molar-refractivity contribution in [3.63, 3.8) is 0 Å². The number of methoxy groups -OCH3 is 1. The first kappa shape index (κ1) is 18.6. The number of rotatable bonds is 5. The molecule has 5 atom stereocenters. The Morgan fingerprint density at radius 1 is 1.41 bits per heavy atom. The molecule has 4 unspecified atom stereocenters. The number of amides is 1. The predicted molar refractivity (Wildman–Crippen MR) is 98.0 cm³/mol. The third-order valence-electron chi connectivity index (χ3n) is 6.66. The number of hydrogen-bond acceptors (Lipinski definition) is 9. The zero-order valence-corrected chi connectivity index (χ0v) is 16.3. The monoisotopic (exact) mass is 404 g/mol. The van der Waals surface area contributed by atoms with Crippen molar-refractivity contribution >= 4 is 17.7 Å². The summed E-state index contributed by atoms with van der Waals surface area (Å²) in [7, 11) is 1.55. The average molecular weight is 404 g/mol. The molecule has 0 saturated carbocycles. The minimum absolute atomic E-state index is 0.0601. The van der Waals surface area contributed by atoms with Gasteiger partial charge in [-0.15, -0.1) is 0 Å². The fraction of sp³-hybridized carbons (Fsp3) is 0.632. The van der Waals surface area contributed by atoms with E-state index >= 15 is 0 Å². The Bertz CT molecular complexity index is 876. The second-order valence-corrected chi connectivity index (χ2v) is 8.07. The molecule has 4 heterocycles. The summed E-state index contributed by atoms with van der Waals surface area (Å²) in [6.45, 7) is 2.67. The van der Waals surface area contributed by atoms with E-state index in [0.717, 1.165) is 12.8 Å². The molecule has 10 nitrogen and oxygen atoms in total. The number of primary amides is 1. The van der Waals surface area contributed by atoms with Crippen LogP contribution >= 0.6 is 0 Å². The standard InChI is InChI=1S/C19H24N4O6/c1-8-13(22-11-4-3-5-28-11)16(25)12-9(7-29-18(20)26)19(27-2)17-10(21-17)6-23(19)14(12)15(8)24/h9-11,17,21-22H,3-7H2,1-2H3,(H2,20,26)/t9?,10?,11?,17?,19-/m1/s1. The van der Waals surface area contributed by atoms with Gasteiger partial charge in [-0.2, -0.15) is 0 Å². The van der Waals surface area contributed by atoms with Gasteiger partial charge < -0.3 is 35.5 Å². The number of nitrogens with one attached hydrogen (secondary N) is 2. The second-order valence-electron chi connectivity index (χ2n) is 8.07. The van der Waals surface area contributed by atoms with Crippen molar-refractivity contribution in [1.29, 1.82) is 0 Å². The third kappa shape index (κ3) is 2.42. The molecule has 0 aromatic heterocycles. The van der Waals surface area contributed by atoms with E-state index in [9.17, 15) is 14.4 Å². The SMILES string of the molecule is CO[C@@]12C(COC(N)=O)C3=C(C(=O)C(C)=C(NC4CCCO4)C3=O)N1CC1NC12. The Morgan fingerprint density at radius 2 is 2.21 bits per heavy atom. The van der Waals surface area contributed by atoms with Gasteiger partial charge in [0.15, 0.2) is 5.72 Å². The van der Waals surface area contributed by atoms with Crippen molar-refractivity contribution in [2.75, 3.05) is 26.9 Å². The summed E-state index contributed by atoms with van der Waals surface area (Å²) < 4.78 is 16.6. The van der Waals surface area contributed by atoms with Crippen LogP contribution in [0.25, 0.3) is 0 Å². The molecule has 5 aliphatic rings. The van der Waals surface area contributed by atoms with Gasteiger partial charge in [0, 0.05) is 37.4 Å². The molecule has 29 heavy (non-hydrogen) atoms. The van der Waals surface area contributed by atoms with E-state index < -0.39 is 17.7 Å². The summed E-state index contributed by atoms with van der Waals surface area (Å²) in [6.07, 6.45) is 0.422. The van der Waals surface area contributed by atoms with Crippen LogP contribution in [0.1, 0.15) is 19.8 Å². The largest absolute Gasteiger partial charge is 0.449 e. The van der Waals surface area contributed by atoms with E-state index in [-0.39, 0.29) is 42.2 Å². The average Bonchev–Trinajstić information content (AvgIpc) is 3.05. The second kappa shape index (κ2) is 6.28. The van der Waals surface area contributed by atoms with Gasteiger partial charge in [0.25, 0.3) is 0 Å². The Morgan fingerprint density at radius 3 is 2.86 bits per heavy atom. The lowest BCUT2D eigenvalue weighted by molar-refractivity contribution is -0.137. The van der Waals surface area contributed by atoms with E-state index in [1.807, 2.05) is 4.90 Å². The number of piperazine rings is 1. The lowest BCUT2D eigenvalue weighted by Gasteiger charge is -2.39. The van der Waals surface area contributed by atoms with Gasteiger partial charge in [-0.25, -0.2) is 4.79 Å². The van der Waals surface area contributed by atoms with Gasteiger partial charge in [-0.05, 0) is 19.8 Å². The van der Waals surface area contributed by atoms with E-state index in [1.165, 1.54) is 0 Å². The maximum atomic E-state index is 13.6. The zero-order valence-electron chi connectivity index (χ0n) is 16.3. The smallest absolute Gasteiger partial charge is 0.404 e. The first-order valence-corrected chi connectivity index (χ1v) is 9.83. The molecule has 5 rings (SSSR count). The van der Waals surface area contributed by atoms with Crippen molar-refractivity contribution in [2.24, 2.45) is 11.7 Å². The zero-order chi connectivity index (χ0) is 20.5. The maximum Gasteiger partial charge on any atom is 0.404 e. The summed E-state index contributed by atoms with van der Waals surface area (Å²) in [4.78, 5) is 40.1. The Balaban J connectivity index is 1.55. The Kier molecular flexibility index (Phi) is 4.03. The summed E-state index contributed by atoms with van der Waals surface area (Å²) >= 11 is 0. The minimum Gasteiger partial charge on any atom is -0.449 e. The first-order chi connectivity index (χ1) is 13.9. The van der Waals surface area contributed by atoms with Gasteiger partial charge >= 0.3 is 6.09 Å². The van der Waals surface area contributed by atoms with Gasteiger partial charge in [-0.3, -0.25) is 9.59 Å². The molecule has 3 fully saturated rings. The number of ether oxygens (including phenoxy) is 3. The van der Waals surface area contributed by atoms with E-state index in [4.69, 9.17) is 19.9 Å². The van der Waals surface area contributed by atoms with Crippen LogP contribution < -0.4 is 16.4 Å². The van der Waals surface area contributed by atoms with Gasteiger partial charge in [0.1, 0.15) is 12.8 Å². The number of ketones is 2. The lowest BCUT2D eigenvalue weighted by atomic mass is 9.82. The van der Waals surface area contributed by atoms with Crippen molar-refractivity contribution in [3.05, 3.63) is 22.5 Å². The normalized spacial score (nSPS) is 37.7. The molecule has 0 aromatic rings. The third-order valence-corrected chi connectivity index (χ3v) is 6.66. The predicted octanol–water partition coefficient (Wildman–Crippen LogP) is -0.884. The van der Waals surface area contributed by atoms with E-state index in [2.05, 4.69) is 10.6 Å². The summed E-state index contributed by atoms with van der Waals surface area (Å²) in [5, 5.41) is 6.44. The van der Waals surface area contributed by atoms with Crippen LogP contribution in [0.15, 0.2) is 22.5 Å². The maximum absolute atomic E-state index is 13.6. The number of allylic oxidation sites excluding steroid dienone is 2. The number of carbonyl (C=O) groups is 3. The number of hydrogen-bond donors (Lipinski definition) is 3. The highest BCUT2D eigenvalue weighted by molar-refractivity contribution is 6.25. The van der Waals surface area contributed by atoms with Crippen LogP contribution in [0.5, 0.6) is 0 Å². The molecule has 0 radical (unpaired) electrons. The Labute approximate surface area is 167 Å². The molecule has 0 bridgehead atoms. The fourth-order valence-corrected chi connectivity index (χ4v) is 5.32. The summed E-state index contributed by atoms with van der Waals surface area (Å²) in [5.74, 6) is -1.14. The molecule has 1 aliphatic carbocycles. The highest BCUT2D eigenvalue weighted by Gasteiger charge is 2.72. The molecule has 156 valence electrons. The summed E-state index contributed by atoms with van der Waals surface area (Å²) in [6, 6.07) is 0.105. The van der Waals surface area contributed by atoms with Crippen molar-refractivity contribution in [1.82, 2.24) is 15.5 Å². The topological polar surface area (TPSA) is 142 Å². The highest BCUT2D eigenvalue weighted by atomic mass is 16.6. The summed E-state index contributed by atoms with van der Waals surface area (Å²) in [5.41, 5.74) is 5.50. The van der Waals surface area contributed by atoms with Crippen LogP contribution in [0.2, 0.25) is 0 Å². The molecule has 0 aromatic carbocycles. The van der Waals surface area contributed by atoms with E-state index in [1.54, 1.807) is 14.0 Å². The fourth-order valence-electron chi connectivity index (χ4n) is 5.32. The minimum atomic E-state index is -0.963. The highest BCUT2D eigenvalue weighted by Crippen LogP contribution is 2.55. The quantitative estimate of drug-likeness (QED) is 0.393. The molecule has 1 amide bonds. The molecule has 10 heteroatoms. The van der Waals surface area contributed by atoms with Crippen LogP contribution in [-0.4, -0.2) is 73.5 Å². The van der Waals surface area contributed by atoms with Crippen LogP contribution in [0.3, 0.4) is 0 Å². The first-order valence-electron chi connectivity index (χ1n) is 9.83. The molecule has 3 saturated heterocycles. The van der Waals surface area contributed by atoms with Crippen LogP contribution in [0, 0.1) is 5.92 Å². The van der Waals surface area contributed by atoms with E-state index in [0.29, 0.717) is 30.0 Å². The molecule has 0 spiro atoms. The van der Waals surface area contributed by atoms with Crippen molar-refractivity contribution in [2.45, 2.75) is 43.8 Å². The number of nitrogens with two attached hydrogens (primary N) is 1. The van der Waals surface area contributed by atoms with Crippen LogP contribution in [-0.2, 0) is 23.8 Å². The molecule has 4 aliphatic heterocycles. The van der Waals surface area contributed by atoms with Gasteiger partial charge in [0.05, 0.1) is 23.4 Å². The van der Waals surface area contributed by atoms with Gasteiger partial charge in [-0.1, -0.05) is 0 Å². The number of fused-ring (bicyclic) bond motifs is 4. The van der Waals surface area contributed by atoms with Gasteiger partial charge in [0.2, 0.25) is 11.6 Å². The van der Waals surface area contributed by atoms with Crippen molar-refractivity contribution in [3.8, 4) is 0 Å². The van der Waals surface area contributed by atoms with Crippen LogP contribution in [0.4, 0.5) is 4.79 Å². The number of carbonyl (C=O) groups excluding carboxylic acids is 3. The molecule has 4 N–H and O–H groups in total. The number of nitrogens with zero attached hydrogens (tertiary/aromatic N) is 1. The molecular weight excluding hydrogens is 380 g/mol. The Hall–Kier alpha value is -2.43. The van der Waals surface area contributed by atoms with Crippen molar-refractivity contribution < 1.29 is 28.6 Å². The lowest BCUT2D eigenvalue weighted by Crippen LogP contribution is -2.55. The molecular formula is C19H24N4O6.